The second kappa shape index (κ2) is 4.85. The summed E-state index contributed by atoms with van der Waals surface area (Å²) >= 11 is 0. The van der Waals surface area contributed by atoms with Crippen molar-refractivity contribution >= 4 is 5.97 Å². The second-order valence-electron chi connectivity index (χ2n) is 9.44. The molecule has 1 saturated heterocycles. The number of fused-ring (bicyclic) bond motifs is 3. The van der Waals surface area contributed by atoms with Crippen molar-refractivity contribution in [1.82, 2.24) is 0 Å². The van der Waals surface area contributed by atoms with Gasteiger partial charge in [0.1, 0.15) is 5.60 Å². The molecule has 0 spiro atoms. The van der Waals surface area contributed by atoms with Gasteiger partial charge in [-0.3, -0.25) is 0 Å². The number of rotatable bonds is 1. The van der Waals surface area contributed by atoms with Gasteiger partial charge in [0.15, 0.2) is 0 Å². The zero-order valence-corrected chi connectivity index (χ0v) is 15.2. The van der Waals surface area contributed by atoms with Crippen molar-refractivity contribution in [3.05, 3.63) is 11.6 Å². The minimum atomic E-state index is -0.281. The van der Waals surface area contributed by atoms with E-state index in [1.807, 2.05) is 0 Å². The minimum Gasteiger partial charge on any atom is -0.455 e. The van der Waals surface area contributed by atoms with Gasteiger partial charge >= 0.3 is 5.97 Å². The molecule has 0 amide bonds. The molecule has 4 atom stereocenters. The van der Waals surface area contributed by atoms with Crippen LogP contribution in [-0.2, 0) is 9.53 Å². The van der Waals surface area contributed by atoms with E-state index in [-0.39, 0.29) is 22.9 Å². The van der Waals surface area contributed by atoms with E-state index in [0.29, 0.717) is 17.3 Å². The van der Waals surface area contributed by atoms with Crippen LogP contribution in [0, 0.1) is 28.6 Å². The number of hydrogen-bond acceptors (Lipinski definition) is 2. The topological polar surface area (TPSA) is 26.3 Å². The maximum Gasteiger partial charge on any atom is 0.334 e. The number of allylic oxidation sites excluding steroid dienone is 1. The molecule has 3 rings (SSSR count). The van der Waals surface area contributed by atoms with Crippen LogP contribution in [0.25, 0.3) is 0 Å². The van der Waals surface area contributed by atoms with E-state index in [4.69, 9.17) is 4.74 Å². The molecule has 0 N–H and O–H groups in total. The van der Waals surface area contributed by atoms with Crippen LogP contribution < -0.4 is 0 Å². The predicted molar refractivity (Wildman–Crippen MR) is 89.4 cm³/mol. The molecule has 22 heavy (non-hydrogen) atoms. The van der Waals surface area contributed by atoms with Crippen LogP contribution in [0.1, 0.15) is 73.6 Å². The highest BCUT2D eigenvalue weighted by Gasteiger charge is 2.64. The van der Waals surface area contributed by atoms with E-state index in [2.05, 4.69) is 47.6 Å². The molecule has 2 nitrogen and oxygen atoms in total. The lowest BCUT2D eigenvalue weighted by molar-refractivity contribution is -0.164. The zero-order valence-electron chi connectivity index (χ0n) is 15.2. The first-order valence-electron chi connectivity index (χ1n) is 9.05. The van der Waals surface area contributed by atoms with Crippen molar-refractivity contribution in [1.29, 1.82) is 0 Å². The quantitative estimate of drug-likeness (QED) is 0.496. The lowest BCUT2D eigenvalue weighted by Crippen LogP contribution is -2.56. The predicted octanol–water partition coefficient (Wildman–Crippen LogP) is 5.13. The normalized spacial score (nSPS) is 45.6. The van der Waals surface area contributed by atoms with Crippen LogP contribution in [0.4, 0.5) is 0 Å². The van der Waals surface area contributed by atoms with E-state index in [1.165, 1.54) is 25.7 Å². The number of carbonyl (C=O) groups excluding carboxylic acids is 1. The van der Waals surface area contributed by atoms with Gasteiger partial charge in [-0.15, -0.1) is 0 Å². The maximum atomic E-state index is 12.6. The van der Waals surface area contributed by atoms with Crippen molar-refractivity contribution in [3.63, 3.8) is 0 Å². The van der Waals surface area contributed by atoms with Gasteiger partial charge < -0.3 is 4.74 Å². The van der Waals surface area contributed by atoms with Gasteiger partial charge in [0, 0.05) is 11.5 Å². The van der Waals surface area contributed by atoms with E-state index in [0.717, 1.165) is 12.0 Å². The van der Waals surface area contributed by atoms with Crippen molar-refractivity contribution in [2.24, 2.45) is 28.6 Å². The number of hydrogen-bond donors (Lipinski definition) is 0. The highest BCUT2D eigenvalue weighted by Crippen LogP contribution is 2.66. The summed E-state index contributed by atoms with van der Waals surface area (Å²) in [6.07, 6.45) is 8.20. The molecule has 0 aromatic heterocycles. The van der Waals surface area contributed by atoms with Crippen LogP contribution in [0.15, 0.2) is 11.6 Å². The Morgan fingerprint density at radius 1 is 1.14 bits per heavy atom. The minimum absolute atomic E-state index is 0.0496. The number of esters is 1. The summed E-state index contributed by atoms with van der Waals surface area (Å²) in [4.78, 5) is 12.6. The van der Waals surface area contributed by atoms with Crippen LogP contribution in [0.2, 0.25) is 0 Å². The van der Waals surface area contributed by atoms with Gasteiger partial charge in [-0.1, -0.05) is 47.1 Å². The van der Waals surface area contributed by atoms with E-state index >= 15 is 0 Å². The van der Waals surface area contributed by atoms with Crippen molar-refractivity contribution < 1.29 is 9.53 Å². The van der Waals surface area contributed by atoms with Crippen LogP contribution in [0.3, 0.4) is 0 Å². The smallest absolute Gasteiger partial charge is 0.334 e. The largest absolute Gasteiger partial charge is 0.455 e. The third-order valence-corrected chi connectivity index (χ3v) is 6.86. The molecule has 0 aromatic rings. The molecule has 2 saturated carbocycles. The molecule has 0 radical (unpaired) electrons. The zero-order chi connectivity index (χ0) is 16.3. The third kappa shape index (κ3) is 2.17. The van der Waals surface area contributed by atoms with Crippen molar-refractivity contribution in [2.75, 3.05) is 0 Å². The van der Waals surface area contributed by atoms with Crippen molar-refractivity contribution in [2.45, 2.75) is 79.2 Å². The Morgan fingerprint density at radius 2 is 1.82 bits per heavy atom. The molecular weight excluding hydrogens is 272 g/mol. The Balaban J connectivity index is 2.10. The lowest BCUT2D eigenvalue weighted by Gasteiger charge is -2.59. The van der Waals surface area contributed by atoms with E-state index < -0.39 is 0 Å². The molecule has 1 heterocycles. The number of ether oxygens (including phenoxy) is 1. The molecule has 0 aromatic carbocycles. The fraction of sp³-hybridized carbons (Fsp3) is 0.850. The molecule has 1 aliphatic heterocycles. The Morgan fingerprint density at radius 3 is 2.45 bits per heavy atom. The summed E-state index contributed by atoms with van der Waals surface area (Å²) < 4.78 is 5.94. The lowest BCUT2D eigenvalue weighted by atomic mass is 9.45. The van der Waals surface area contributed by atoms with Gasteiger partial charge in [-0.25, -0.2) is 4.79 Å². The summed E-state index contributed by atoms with van der Waals surface area (Å²) in [5, 5.41) is 0. The molecule has 3 fully saturated rings. The number of carbonyl (C=O) groups is 1. The van der Waals surface area contributed by atoms with Crippen molar-refractivity contribution in [3.8, 4) is 0 Å². The summed E-state index contributed by atoms with van der Waals surface area (Å²) in [6.45, 7) is 13.8. The van der Waals surface area contributed by atoms with Gasteiger partial charge in [0.25, 0.3) is 0 Å². The van der Waals surface area contributed by atoms with Gasteiger partial charge in [-0.05, 0) is 55.3 Å². The average Bonchev–Trinajstić information content (AvgIpc) is 2.59. The standard InChI is InChI=1S/C20H32O2/c1-13(2)12-14-16-19(5)10-7-9-18(3,4)15(19)8-11-20(16,6)22-17(14)21/h12-13,15-16H,7-11H2,1-6H3/b14-12-/t15-,16+,19-,20+/m0/s1. The Bertz CT molecular complexity index is 516. The fourth-order valence-corrected chi connectivity index (χ4v) is 6.21. The van der Waals surface area contributed by atoms with E-state index in [1.54, 1.807) is 0 Å². The maximum absolute atomic E-state index is 12.6. The van der Waals surface area contributed by atoms with Gasteiger partial charge in [0.05, 0.1) is 0 Å². The van der Waals surface area contributed by atoms with Crippen LogP contribution in [-0.4, -0.2) is 11.6 Å². The molecule has 2 heteroatoms. The summed E-state index contributed by atoms with van der Waals surface area (Å²) in [6, 6.07) is 0. The first kappa shape index (κ1) is 16.1. The second-order valence-corrected chi connectivity index (χ2v) is 9.44. The SMILES string of the molecule is CC(C)/C=C1\C(=O)O[C@]2(C)CC[C@H]3C(C)(C)CCC[C@]3(C)[C@@H]12. The summed E-state index contributed by atoms with van der Waals surface area (Å²) in [5.41, 5.74) is 1.27. The van der Waals surface area contributed by atoms with Gasteiger partial charge in [-0.2, -0.15) is 0 Å². The molecule has 124 valence electrons. The molecular formula is C20H32O2. The monoisotopic (exact) mass is 304 g/mol. The summed E-state index contributed by atoms with van der Waals surface area (Å²) in [7, 11) is 0. The highest BCUT2D eigenvalue weighted by atomic mass is 16.6. The van der Waals surface area contributed by atoms with Crippen LogP contribution in [0.5, 0.6) is 0 Å². The average molecular weight is 304 g/mol. The molecule has 0 bridgehead atoms. The molecule has 3 aliphatic rings. The van der Waals surface area contributed by atoms with Crippen LogP contribution >= 0.6 is 0 Å². The third-order valence-electron chi connectivity index (χ3n) is 6.86. The van der Waals surface area contributed by atoms with Gasteiger partial charge in [0.2, 0.25) is 0 Å². The fourth-order valence-electron chi connectivity index (χ4n) is 6.21. The Kier molecular flexibility index (Phi) is 3.55. The first-order chi connectivity index (χ1) is 10.1. The first-order valence-corrected chi connectivity index (χ1v) is 9.05. The van der Waals surface area contributed by atoms with E-state index in [9.17, 15) is 4.79 Å². The Hall–Kier alpha value is -0.790. The molecule has 2 aliphatic carbocycles. The Labute approximate surface area is 135 Å². The summed E-state index contributed by atoms with van der Waals surface area (Å²) in [5.74, 6) is 1.31. The molecule has 0 unspecified atom stereocenters. The highest BCUT2D eigenvalue weighted by molar-refractivity contribution is 5.92.